The monoisotopic (exact) mass is 529 g/mol. The fraction of sp³-hybridized carbons (Fsp3) is 0.138. The predicted molar refractivity (Wildman–Crippen MR) is 150 cm³/mol. The highest BCUT2D eigenvalue weighted by Crippen LogP contribution is 2.36. The molecule has 8 heteroatoms. The average Bonchev–Trinajstić information content (AvgIpc) is 3.44. The van der Waals surface area contributed by atoms with Crippen LogP contribution in [0.2, 0.25) is 0 Å². The van der Waals surface area contributed by atoms with Crippen molar-refractivity contribution in [2.24, 2.45) is 0 Å². The molecule has 1 aromatic heterocycles. The fourth-order valence-electron chi connectivity index (χ4n) is 4.01. The van der Waals surface area contributed by atoms with E-state index in [2.05, 4.69) is 0 Å². The molecule has 0 atom stereocenters. The van der Waals surface area contributed by atoms with Crippen LogP contribution in [-0.4, -0.2) is 30.9 Å². The number of carbonyl (C=O) groups is 1. The number of carbonyl (C=O) groups excluding carboxylic acids is 1. The number of amides is 1. The van der Waals surface area contributed by atoms with Crippen LogP contribution in [0.1, 0.15) is 25.0 Å². The van der Waals surface area contributed by atoms with E-state index < -0.39 is 0 Å². The van der Waals surface area contributed by atoms with Crippen LogP contribution >= 0.6 is 24.0 Å². The van der Waals surface area contributed by atoms with Gasteiger partial charge >= 0.3 is 0 Å². The second kappa shape index (κ2) is 10.7. The van der Waals surface area contributed by atoms with E-state index in [9.17, 15) is 9.18 Å². The lowest BCUT2D eigenvalue weighted by Crippen LogP contribution is -2.34. The van der Waals surface area contributed by atoms with Gasteiger partial charge in [0.15, 0.2) is 0 Å². The number of nitrogens with zero attached hydrogens (tertiary/aromatic N) is 3. The first-order valence-corrected chi connectivity index (χ1v) is 13.0. The van der Waals surface area contributed by atoms with Crippen LogP contribution in [0.4, 0.5) is 4.39 Å². The molecule has 1 fully saturated rings. The molecule has 0 spiro atoms. The highest BCUT2D eigenvalue weighted by molar-refractivity contribution is 8.26. The third kappa shape index (κ3) is 5.35. The maximum atomic E-state index is 14.0. The van der Waals surface area contributed by atoms with Crippen LogP contribution in [0, 0.1) is 5.82 Å². The van der Waals surface area contributed by atoms with Crippen molar-refractivity contribution in [1.82, 2.24) is 14.7 Å². The van der Waals surface area contributed by atoms with Crippen LogP contribution in [-0.2, 0) is 11.4 Å². The van der Waals surface area contributed by atoms with Gasteiger partial charge in [0.25, 0.3) is 5.91 Å². The number of hydrogen-bond donors (Lipinski definition) is 0. The number of halogens is 1. The largest absolute Gasteiger partial charge is 0.489 e. The Balaban J connectivity index is 1.52. The highest BCUT2D eigenvalue weighted by atomic mass is 32.2. The molecule has 186 valence electrons. The molecule has 0 N–H and O–H groups in total. The number of rotatable bonds is 7. The van der Waals surface area contributed by atoms with Crippen molar-refractivity contribution in [2.75, 3.05) is 0 Å². The Morgan fingerprint density at radius 2 is 1.81 bits per heavy atom. The molecule has 37 heavy (non-hydrogen) atoms. The van der Waals surface area contributed by atoms with E-state index in [-0.39, 0.29) is 24.4 Å². The van der Waals surface area contributed by atoms with Gasteiger partial charge in [0.1, 0.15) is 28.2 Å². The third-order valence-corrected chi connectivity index (χ3v) is 7.18. The van der Waals surface area contributed by atoms with E-state index in [0.29, 0.717) is 26.2 Å². The molecule has 1 aliphatic rings. The quantitative estimate of drug-likeness (QED) is 0.193. The molecule has 1 aliphatic heterocycles. The summed E-state index contributed by atoms with van der Waals surface area (Å²) in [6.45, 7) is 4.00. The molecule has 4 aromatic rings. The third-order valence-electron chi connectivity index (χ3n) is 5.85. The van der Waals surface area contributed by atoms with Crippen LogP contribution in [0.15, 0.2) is 90.0 Å². The van der Waals surface area contributed by atoms with E-state index in [1.54, 1.807) is 27.8 Å². The highest BCUT2D eigenvalue weighted by Gasteiger charge is 2.34. The van der Waals surface area contributed by atoms with Gasteiger partial charge in [-0.05, 0) is 50.3 Å². The minimum atomic E-state index is -0.304. The van der Waals surface area contributed by atoms with Gasteiger partial charge in [0, 0.05) is 28.9 Å². The summed E-state index contributed by atoms with van der Waals surface area (Å²) in [6, 6.07) is 23.8. The molecular formula is C29H24FN3O2S2. The van der Waals surface area contributed by atoms with Gasteiger partial charge in [-0.1, -0.05) is 72.5 Å². The van der Waals surface area contributed by atoms with E-state index in [1.165, 1.54) is 17.8 Å². The Bertz CT molecular complexity index is 1500. The van der Waals surface area contributed by atoms with Gasteiger partial charge < -0.3 is 4.74 Å². The first-order valence-electron chi connectivity index (χ1n) is 11.8. The van der Waals surface area contributed by atoms with Crippen molar-refractivity contribution >= 4 is 40.3 Å². The Labute approximate surface area is 224 Å². The zero-order valence-electron chi connectivity index (χ0n) is 20.3. The van der Waals surface area contributed by atoms with E-state index in [4.69, 9.17) is 22.1 Å². The van der Waals surface area contributed by atoms with Gasteiger partial charge in [-0.15, -0.1) is 0 Å². The van der Waals surface area contributed by atoms with Crippen LogP contribution in [0.3, 0.4) is 0 Å². The lowest BCUT2D eigenvalue weighted by atomic mass is 10.1. The minimum Gasteiger partial charge on any atom is -0.489 e. The summed E-state index contributed by atoms with van der Waals surface area (Å²) in [6.07, 6.45) is 3.75. The van der Waals surface area contributed by atoms with Crippen LogP contribution in [0.5, 0.6) is 5.75 Å². The Kier molecular flexibility index (Phi) is 7.21. The summed E-state index contributed by atoms with van der Waals surface area (Å²) in [5.41, 5.74) is 3.65. The van der Waals surface area contributed by atoms with E-state index in [1.807, 2.05) is 80.7 Å². The lowest BCUT2D eigenvalue weighted by Gasteiger charge is -2.18. The van der Waals surface area contributed by atoms with Crippen molar-refractivity contribution in [2.45, 2.75) is 26.5 Å². The molecular weight excluding hydrogens is 505 g/mol. The zero-order chi connectivity index (χ0) is 25.9. The number of ether oxygens (including phenoxy) is 1. The van der Waals surface area contributed by atoms with Crippen LogP contribution < -0.4 is 4.74 Å². The molecule has 0 bridgehead atoms. The summed E-state index contributed by atoms with van der Waals surface area (Å²) in [4.78, 5) is 15.2. The zero-order valence-corrected chi connectivity index (χ0v) is 21.9. The van der Waals surface area contributed by atoms with Crippen molar-refractivity contribution in [3.8, 4) is 22.7 Å². The number of thioether (sulfide) groups is 1. The molecule has 0 radical (unpaired) electrons. The topological polar surface area (TPSA) is 47.4 Å². The number of benzene rings is 3. The molecule has 1 amide bonds. The molecule has 2 heterocycles. The Morgan fingerprint density at radius 3 is 2.54 bits per heavy atom. The SMILES string of the molecule is CC(C)N1C(=O)C(=Cc2cn(-c3ccccc3)nc2-c2cccc(OCc3ccccc3F)c2)SC1=S. The van der Waals surface area contributed by atoms with Crippen molar-refractivity contribution < 1.29 is 13.9 Å². The van der Waals surface area contributed by atoms with Gasteiger partial charge in [-0.2, -0.15) is 5.10 Å². The maximum Gasteiger partial charge on any atom is 0.266 e. The van der Waals surface area contributed by atoms with E-state index >= 15 is 0 Å². The Morgan fingerprint density at radius 1 is 1.05 bits per heavy atom. The molecule has 0 unspecified atom stereocenters. The standard InChI is InChI=1S/C29H24FN3O2S2/c1-19(2)33-28(34)26(37-29(33)36)16-22-17-32(23-11-4-3-5-12-23)31-27(22)20-10-8-13-24(15-20)35-18-21-9-6-7-14-25(21)30/h3-17,19H,18H2,1-2H3. The molecule has 0 saturated carbocycles. The van der Waals surface area contributed by atoms with E-state index in [0.717, 1.165) is 16.8 Å². The van der Waals surface area contributed by atoms with Gasteiger partial charge in [-0.3, -0.25) is 9.69 Å². The average molecular weight is 530 g/mol. The van der Waals surface area contributed by atoms with Crippen molar-refractivity contribution in [1.29, 1.82) is 0 Å². The number of aromatic nitrogens is 2. The lowest BCUT2D eigenvalue weighted by molar-refractivity contribution is -0.123. The second-order valence-corrected chi connectivity index (χ2v) is 10.4. The first-order chi connectivity index (χ1) is 17.9. The summed E-state index contributed by atoms with van der Waals surface area (Å²) < 4.78 is 22.3. The number of hydrogen-bond acceptors (Lipinski definition) is 5. The van der Waals surface area contributed by atoms with Crippen LogP contribution in [0.25, 0.3) is 23.0 Å². The molecule has 5 rings (SSSR count). The fourth-order valence-corrected chi connectivity index (χ4v) is 5.52. The number of thiocarbonyl (C=S) groups is 1. The Hall–Kier alpha value is -3.75. The maximum absolute atomic E-state index is 14.0. The van der Waals surface area contributed by atoms with Gasteiger partial charge in [0.05, 0.1) is 10.6 Å². The molecule has 5 nitrogen and oxygen atoms in total. The summed E-state index contributed by atoms with van der Waals surface area (Å²) in [5, 5.41) is 4.85. The summed E-state index contributed by atoms with van der Waals surface area (Å²) in [7, 11) is 0. The molecule has 3 aromatic carbocycles. The summed E-state index contributed by atoms with van der Waals surface area (Å²) in [5.74, 6) is 0.179. The summed E-state index contributed by atoms with van der Waals surface area (Å²) >= 11 is 6.75. The first kappa shape index (κ1) is 24.9. The second-order valence-electron chi connectivity index (χ2n) is 8.77. The normalized spacial score (nSPS) is 14.7. The van der Waals surface area contributed by atoms with Gasteiger partial charge in [0.2, 0.25) is 0 Å². The van der Waals surface area contributed by atoms with Crippen molar-refractivity contribution in [3.05, 3.63) is 107 Å². The molecule has 1 saturated heterocycles. The molecule has 0 aliphatic carbocycles. The minimum absolute atomic E-state index is 0.0202. The predicted octanol–water partition coefficient (Wildman–Crippen LogP) is 6.87. The number of para-hydroxylation sites is 1. The van der Waals surface area contributed by atoms with Gasteiger partial charge in [-0.25, -0.2) is 9.07 Å². The van der Waals surface area contributed by atoms with Crippen molar-refractivity contribution in [3.63, 3.8) is 0 Å². The smallest absolute Gasteiger partial charge is 0.266 e.